The highest BCUT2D eigenvalue weighted by molar-refractivity contribution is 5.45. The van der Waals surface area contributed by atoms with Gasteiger partial charge in [0.15, 0.2) is 0 Å². The van der Waals surface area contributed by atoms with Crippen molar-refractivity contribution in [2.75, 3.05) is 38.6 Å². The van der Waals surface area contributed by atoms with Crippen LogP contribution in [0, 0.1) is 5.92 Å². The zero-order valence-electron chi connectivity index (χ0n) is 14.0. The smallest absolute Gasteiger partial charge is 0.0562 e. The first-order valence-corrected chi connectivity index (χ1v) is 8.12. The average molecular weight is 290 g/mol. The fourth-order valence-electron chi connectivity index (χ4n) is 2.85. The van der Waals surface area contributed by atoms with E-state index in [1.54, 1.807) is 0 Å². The molecule has 0 spiro atoms. The highest BCUT2D eigenvalue weighted by Gasteiger charge is 2.18. The Balaban J connectivity index is 1.89. The van der Waals surface area contributed by atoms with Gasteiger partial charge in [0.25, 0.3) is 0 Å². The number of hydrogen-bond donors (Lipinski definition) is 1. The molecule has 1 saturated heterocycles. The van der Waals surface area contributed by atoms with Crippen molar-refractivity contribution < 1.29 is 0 Å². The second-order valence-electron chi connectivity index (χ2n) is 6.67. The van der Waals surface area contributed by atoms with Crippen LogP contribution < -0.4 is 10.2 Å². The average Bonchev–Trinajstić information content (AvgIpc) is 2.48. The number of hydrogen-bond acceptors (Lipinski definition) is 4. The third-order valence-corrected chi connectivity index (χ3v) is 4.30. The van der Waals surface area contributed by atoms with Crippen LogP contribution in [0.1, 0.15) is 32.4 Å². The molecule has 0 unspecified atom stereocenters. The maximum Gasteiger partial charge on any atom is 0.0562 e. The molecule has 0 bridgehead atoms. The van der Waals surface area contributed by atoms with Gasteiger partial charge in [-0.3, -0.25) is 4.98 Å². The summed E-state index contributed by atoms with van der Waals surface area (Å²) in [6.45, 7) is 8.78. The summed E-state index contributed by atoms with van der Waals surface area (Å²) in [4.78, 5) is 9.27. The second kappa shape index (κ2) is 7.76. The zero-order chi connectivity index (χ0) is 15.2. The number of anilines is 1. The summed E-state index contributed by atoms with van der Waals surface area (Å²) in [6, 6.07) is 4.82. The minimum atomic E-state index is 0.493. The SMILES string of the molecule is CC(C)NCc1cc(N(C)CC2CCN(C)CC2)ccn1. The summed E-state index contributed by atoms with van der Waals surface area (Å²) in [5.74, 6) is 0.816. The lowest BCUT2D eigenvalue weighted by molar-refractivity contribution is 0.222. The van der Waals surface area contributed by atoms with Crippen molar-refractivity contribution in [3.05, 3.63) is 24.0 Å². The lowest BCUT2D eigenvalue weighted by atomic mass is 9.96. The van der Waals surface area contributed by atoms with Gasteiger partial charge in [-0.1, -0.05) is 13.8 Å². The monoisotopic (exact) mass is 290 g/mol. The van der Waals surface area contributed by atoms with Crippen LogP contribution in [-0.2, 0) is 6.54 Å². The Kier molecular flexibility index (Phi) is 6.00. The number of piperidine rings is 1. The molecule has 4 heteroatoms. The number of rotatable bonds is 6. The van der Waals surface area contributed by atoms with Gasteiger partial charge < -0.3 is 15.1 Å². The molecule has 1 aliphatic heterocycles. The fraction of sp³-hybridized carbons (Fsp3) is 0.706. The van der Waals surface area contributed by atoms with Crippen LogP contribution in [0.25, 0.3) is 0 Å². The van der Waals surface area contributed by atoms with Gasteiger partial charge in [-0.05, 0) is 51.0 Å². The van der Waals surface area contributed by atoms with Crippen LogP contribution in [0.5, 0.6) is 0 Å². The van der Waals surface area contributed by atoms with Gasteiger partial charge in [0.05, 0.1) is 5.69 Å². The summed E-state index contributed by atoms with van der Waals surface area (Å²) in [5.41, 5.74) is 2.40. The summed E-state index contributed by atoms with van der Waals surface area (Å²) < 4.78 is 0. The van der Waals surface area contributed by atoms with Gasteiger partial charge in [-0.15, -0.1) is 0 Å². The van der Waals surface area contributed by atoms with Crippen LogP contribution in [-0.4, -0.2) is 49.7 Å². The second-order valence-corrected chi connectivity index (χ2v) is 6.67. The van der Waals surface area contributed by atoms with Gasteiger partial charge in [-0.2, -0.15) is 0 Å². The molecule has 0 aromatic carbocycles. The Morgan fingerprint density at radius 3 is 2.76 bits per heavy atom. The van der Waals surface area contributed by atoms with E-state index in [2.05, 4.69) is 60.2 Å². The summed E-state index contributed by atoms with van der Waals surface area (Å²) in [6.07, 6.45) is 4.55. The van der Waals surface area contributed by atoms with Gasteiger partial charge in [0.2, 0.25) is 0 Å². The normalized spacial score (nSPS) is 17.4. The molecule has 2 heterocycles. The lowest BCUT2D eigenvalue weighted by Gasteiger charge is -2.32. The first-order valence-electron chi connectivity index (χ1n) is 8.12. The Hall–Kier alpha value is -1.13. The van der Waals surface area contributed by atoms with E-state index in [-0.39, 0.29) is 0 Å². The third kappa shape index (κ3) is 5.29. The van der Waals surface area contributed by atoms with Gasteiger partial charge in [0, 0.05) is 38.1 Å². The summed E-state index contributed by atoms with van der Waals surface area (Å²) in [7, 11) is 4.42. The van der Waals surface area contributed by atoms with Crippen molar-refractivity contribution in [1.29, 1.82) is 0 Å². The van der Waals surface area contributed by atoms with Gasteiger partial charge in [-0.25, -0.2) is 0 Å². The number of nitrogens with one attached hydrogen (secondary N) is 1. The molecule has 118 valence electrons. The Morgan fingerprint density at radius 1 is 1.38 bits per heavy atom. The van der Waals surface area contributed by atoms with Crippen molar-refractivity contribution in [2.45, 2.75) is 39.3 Å². The Labute approximate surface area is 129 Å². The minimum absolute atomic E-state index is 0.493. The maximum absolute atomic E-state index is 4.45. The van der Waals surface area contributed by atoms with Crippen molar-refractivity contribution >= 4 is 5.69 Å². The standard InChI is InChI=1S/C17H30N4/c1-14(2)19-12-16-11-17(5-8-18-16)21(4)13-15-6-9-20(3)10-7-15/h5,8,11,14-15,19H,6-7,9-10,12-13H2,1-4H3. The van der Waals surface area contributed by atoms with E-state index in [0.29, 0.717) is 6.04 Å². The van der Waals surface area contributed by atoms with Gasteiger partial charge in [0.1, 0.15) is 0 Å². The molecule has 1 aromatic rings. The quantitative estimate of drug-likeness (QED) is 0.871. The number of pyridine rings is 1. The topological polar surface area (TPSA) is 31.4 Å². The number of nitrogens with zero attached hydrogens (tertiary/aromatic N) is 3. The van der Waals surface area contributed by atoms with E-state index in [0.717, 1.165) is 24.7 Å². The predicted molar refractivity (Wildman–Crippen MR) is 89.7 cm³/mol. The summed E-state index contributed by atoms with van der Waals surface area (Å²) >= 11 is 0. The van der Waals surface area contributed by atoms with Crippen molar-refractivity contribution in [3.8, 4) is 0 Å². The highest BCUT2D eigenvalue weighted by atomic mass is 15.1. The molecule has 1 aromatic heterocycles. The Bertz CT molecular complexity index is 425. The van der Waals surface area contributed by atoms with Crippen LogP contribution in [0.2, 0.25) is 0 Å². The van der Waals surface area contributed by atoms with E-state index in [1.165, 1.54) is 31.6 Å². The van der Waals surface area contributed by atoms with Crippen LogP contribution in [0.15, 0.2) is 18.3 Å². The molecule has 0 radical (unpaired) electrons. The van der Waals surface area contributed by atoms with Crippen LogP contribution in [0.4, 0.5) is 5.69 Å². The van der Waals surface area contributed by atoms with E-state index >= 15 is 0 Å². The molecule has 0 aliphatic carbocycles. The molecule has 4 nitrogen and oxygen atoms in total. The lowest BCUT2D eigenvalue weighted by Crippen LogP contribution is -2.35. The molecule has 21 heavy (non-hydrogen) atoms. The molecule has 2 rings (SSSR count). The molecule has 0 saturated carbocycles. The van der Waals surface area contributed by atoms with E-state index < -0.39 is 0 Å². The van der Waals surface area contributed by atoms with Crippen LogP contribution in [0.3, 0.4) is 0 Å². The first-order chi connectivity index (χ1) is 10.0. The molecule has 1 N–H and O–H groups in total. The molecular formula is C17H30N4. The molecule has 0 atom stereocenters. The van der Waals surface area contributed by atoms with E-state index in [1.807, 2.05) is 6.20 Å². The fourth-order valence-corrected chi connectivity index (χ4v) is 2.85. The van der Waals surface area contributed by atoms with Crippen molar-refractivity contribution in [3.63, 3.8) is 0 Å². The zero-order valence-corrected chi connectivity index (χ0v) is 14.0. The molecule has 1 aliphatic rings. The maximum atomic E-state index is 4.45. The predicted octanol–water partition coefficient (Wildman–Crippen LogP) is 2.36. The number of aromatic nitrogens is 1. The van der Waals surface area contributed by atoms with Crippen molar-refractivity contribution in [2.24, 2.45) is 5.92 Å². The summed E-state index contributed by atoms with van der Waals surface area (Å²) in [5, 5.41) is 3.43. The largest absolute Gasteiger partial charge is 0.374 e. The molecule has 0 amide bonds. The van der Waals surface area contributed by atoms with E-state index in [9.17, 15) is 0 Å². The van der Waals surface area contributed by atoms with E-state index in [4.69, 9.17) is 0 Å². The van der Waals surface area contributed by atoms with Crippen LogP contribution >= 0.6 is 0 Å². The highest BCUT2D eigenvalue weighted by Crippen LogP contribution is 2.20. The van der Waals surface area contributed by atoms with Gasteiger partial charge >= 0.3 is 0 Å². The number of likely N-dealkylation sites (tertiary alicyclic amines) is 1. The first kappa shape index (κ1) is 16.2. The third-order valence-electron chi connectivity index (χ3n) is 4.30. The van der Waals surface area contributed by atoms with Crippen molar-refractivity contribution in [1.82, 2.24) is 15.2 Å². The molecular weight excluding hydrogens is 260 g/mol. The molecule has 1 fully saturated rings. The minimum Gasteiger partial charge on any atom is -0.374 e. The Morgan fingerprint density at radius 2 is 2.10 bits per heavy atom.